The third kappa shape index (κ3) is 5.25. The van der Waals surface area contributed by atoms with E-state index in [1.807, 2.05) is 61.1 Å². The van der Waals surface area contributed by atoms with Gasteiger partial charge in [-0.1, -0.05) is 42.5 Å². The second-order valence-electron chi connectivity index (χ2n) is 6.83. The van der Waals surface area contributed by atoms with Crippen molar-refractivity contribution in [2.24, 2.45) is 7.05 Å². The van der Waals surface area contributed by atoms with Crippen molar-refractivity contribution in [2.75, 3.05) is 13.2 Å². The minimum absolute atomic E-state index is 0.107. The Morgan fingerprint density at radius 3 is 2.57 bits per heavy atom. The lowest BCUT2D eigenvalue weighted by atomic mass is 10.1. The highest BCUT2D eigenvalue weighted by Crippen LogP contribution is 2.21. The summed E-state index contributed by atoms with van der Waals surface area (Å²) in [5.74, 6) is 0.440. The number of aromatic nitrogens is 2. The molecule has 6 heteroatoms. The van der Waals surface area contributed by atoms with E-state index < -0.39 is 6.10 Å². The monoisotopic (exact) mass is 383 g/mol. The number of hydrogen-bond donors (Lipinski definition) is 2. The molecular formula is C22H26FN3O2. The van der Waals surface area contributed by atoms with Gasteiger partial charge in [0.05, 0.1) is 24.9 Å². The fourth-order valence-corrected chi connectivity index (χ4v) is 3.09. The van der Waals surface area contributed by atoms with E-state index in [0.717, 1.165) is 17.0 Å². The van der Waals surface area contributed by atoms with Crippen LogP contribution in [0.25, 0.3) is 0 Å². The quantitative estimate of drug-likeness (QED) is 0.595. The lowest BCUT2D eigenvalue weighted by Crippen LogP contribution is -2.35. The lowest BCUT2D eigenvalue weighted by Gasteiger charge is -2.22. The molecular weight excluding hydrogens is 357 g/mol. The van der Waals surface area contributed by atoms with E-state index in [9.17, 15) is 9.50 Å². The standard InChI is InChI=1S/C22H26FN3O2/c1-16(17-7-4-3-5-8-17)28-15-20(27)14-25-21(22-24-11-12-26(22)2)18-9-6-10-19(23)13-18/h3-13,16,20-21,25,27H,14-15H2,1-2H3. The molecule has 3 atom stereocenters. The van der Waals surface area contributed by atoms with Gasteiger partial charge >= 0.3 is 0 Å². The summed E-state index contributed by atoms with van der Waals surface area (Å²) in [7, 11) is 1.89. The van der Waals surface area contributed by atoms with Crippen LogP contribution >= 0.6 is 0 Å². The van der Waals surface area contributed by atoms with E-state index in [4.69, 9.17) is 4.74 Å². The van der Waals surface area contributed by atoms with Crippen LogP contribution in [0.4, 0.5) is 4.39 Å². The molecule has 3 rings (SSSR count). The summed E-state index contributed by atoms with van der Waals surface area (Å²) < 4.78 is 21.4. The van der Waals surface area contributed by atoms with Crippen molar-refractivity contribution < 1.29 is 14.2 Å². The first kappa shape index (κ1) is 20.2. The predicted molar refractivity (Wildman–Crippen MR) is 106 cm³/mol. The number of rotatable bonds is 9. The molecule has 2 N–H and O–H groups in total. The number of hydrogen-bond acceptors (Lipinski definition) is 4. The summed E-state index contributed by atoms with van der Waals surface area (Å²) >= 11 is 0. The average Bonchev–Trinajstić information content (AvgIpc) is 3.13. The first-order chi connectivity index (χ1) is 13.5. The van der Waals surface area contributed by atoms with Gasteiger partial charge in [0.1, 0.15) is 11.6 Å². The Morgan fingerprint density at radius 1 is 1.14 bits per heavy atom. The van der Waals surface area contributed by atoms with Crippen LogP contribution in [-0.4, -0.2) is 33.9 Å². The van der Waals surface area contributed by atoms with Crippen molar-refractivity contribution >= 4 is 0 Å². The molecule has 0 radical (unpaired) electrons. The summed E-state index contributed by atoms with van der Waals surface area (Å²) in [4.78, 5) is 4.38. The molecule has 0 fully saturated rings. The summed E-state index contributed by atoms with van der Waals surface area (Å²) in [6.07, 6.45) is 2.72. The van der Waals surface area contributed by atoms with Crippen molar-refractivity contribution in [2.45, 2.75) is 25.2 Å². The van der Waals surface area contributed by atoms with Crippen LogP contribution in [-0.2, 0) is 11.8 Å². The fourth-order valence-electron chi connectivity index (χ4n) is 3.09. The summed E-state index contributed by atoms with van der Waals surface area (Å²) in [5, 5.41) is 13.7. The van der Waals surface area contributed by atoms with Gasteiger partial charge in [-0.25, -0.2) is 9.37 Å². The number of aryl methyl sites for hydroxylation is 1. The number of ether oxygens (including phenoxy) is 1. The number of benzene rings is 2. The number of halogens is 1. The number of aliphatic hydroxyl groups excluding tert-OH is 1. The van der Waals surface area contributed by atoms with E-state index >= 15 is 0 Å². The van der Waals surface area contributed by atoms with Crippen molar-refractivity contribution in [3.63, 3.8) is 0 Å². The molecule has 2 aromatic carbocycles. The maximum atomic E-state index is 13.7. The summed E-state index contributed by atoms with van der Waals surface area (Å²) in [5.41, 5.74) is 1.81. The molecule has 28 heavy (non-hydrogen) atoms. The maximum Gasteiger partial charge on any atom is 0.130 e. The first-order valence-electron chi connectivity index (χ1n) is 9.35. The van der Waals surface area contributed by atoms with Gasteiger partial charge in [-0.05, 0) is 30.2 Å². The third-order valence-electron chi connectivity index (χ3n) is 4.66. The molecule has 0 aliphatic rings. The van der Waals surface area contributed by atoms with Gasteiger partial charge in [0.25, 0.3) is 0 Å². The Morgan fingerprint density at radius 2 is 1.89 bits per heavy atom. The van der Waals surface area contributed by atoms with E-state index in [1.54, 1.807) is 12.3 Å². The van der Waals surface area contributed by atoms with Crippen molar-refractivity contribution in [1.82, 2.24) is 14.9 Å². The number of imidazole rings is 1. The molecule has 3 unspecified atom stereocenters. The smallest absolute Gasteiger partial charge is 0.130 e. The zero-order chi connectivity index (χ0) is 19.9. The van der Waals surface area contributed by atoms with Crippen LogP contribution in [0.1, 0.15) is 36.0 Å². The molecule has 3 aromatic rings. The molecule has 0 bridgehead atoms. The minimum Gasteiger partial charge on any atom is -0.389 e. The second kappa shape index (κ2) is 9.59. The third-order valence-corrected chi connectivity index (χ3v) is 4.66. The van der Waals surface area contributed by atoms with Gasteiger partial charge in [0, 0.05) is 26.0 Å². The maximum absolute atomic E-state index is 13.7. The van der Waals surface area contributed by atoms with Crippen LogP contribution in [0, 0.1) is 5.82 Å². The zero-order valence-electron chi connectivity index (χ0n) is 16.1. The topological polar surface area (TPSA) is 59.3 Å². The number of nitrogens with one attached hydrogen (secondary N) is 1. The van der Waals surface area contributed by atoms with Gasteiger partial charge in [0.15, 0.2) is 0 Å². The summed E-state index contributed by atoms with van der Waals surface area (Å²) in [6, 6.07) is 15.9. The highest BCUT2D eigenvalue weighted by Gasteiger charge is 2.20. The Hall–Kier alpha value is -2.54. The Bertz CT molecular complexity index is 869. The van der Waals surface area contributed by atoms with Crippen LogP contribution in [0.15, 0.2) is 67.0 Å². The van der Waals surface area contributed by atoms with E-state index in [-0.39, 0.29) is 31.1 Å². The molecule has 1 aromatic heterocycles. The molecule has 0 saturated carbocycles. The molecule has 5 nitrogen and oxygen atoms in total. The molecule has 0 amide bonds. The minimum atomic E-state index is -0.706. The number of nitrogens with zero attached hydrogens (tertiary/aromatic N) is 2. The van der Waals surface area contributed by atoms with Crippen molar-refractivity contribution in [3.05, 3.63) is 89.8 Å². The predicted octanol–water partition coefficient (Wildman–Crippen LogP) is 3.38. The van der Waals surface area contributed by atoms with Crippen LogP contribution < -0.4 is 5.32 Å². The molecule has 0 saturated heterocycles. The van der Waals surface area contributed by atoms with Crippen molar-refractivity contribution in [1.29, 1.82) is 0 Å². The zero-order valence-corrected chi connectivity index (χ0v) is 16.1. The highest BCUT2D eigenvalue weighted by atomic mass is 19.1. The lowest BCUT2D eigenvalue weighted by molar-refractivity contribution is -0.00266. The fraction of sp³-hybridized carbons (Fsp3) is 0.318. The largest absolute Gasteiger partial charge is 0.389 e. The molecule has 0 aliphatic heterocycles. The van der Waals surface area contributed by atoms with E-state index in [2.05, 4.69) is 10.3 Å². The number of aliphatic hydroxyl groups is 1. The first-order valence-corrected chi connectivity index (χ1v) is 9.35. The van der Waals surface area contributed by atoms with Gasteiger partial charge in [0.2, 0.25) is 0 Å². The molecule has 1 heterocycles. The SMILES string of the molecule is CC(OCC(O)CNC(c1cccc(F)c1)c1nccn1C)c1ccccc1. The Labute approximate surface area is 164 Å². The Kier molecular flexibility index (Phi) is 6.92. The normalized spacial score (nSPS) is 14.6. The molecule has 0 aliphatic carbocycles. The van der Waals surface area contributed by atoms with Crippen molar-refractivity contribution in [3.8, 4) is 0 Å². The molecule has 0 spiro atoms. The average molecular weight is 383 g/mol. The van der Waals surface area contributed by atoms with E-state index in [1.165, 1.54) is 12.1 Å². The van der Waals surface area contributed by atoms with Crippen LogP contribution in [0.5, 0.6) is 0 Å². The van der Waals surface area contributed by atoms with Gasteiger partial charge < -0.3 is 19.7 Å². The molecule has 148 valence electrons. The van der Waals surface area contributed by atoms with Crippen LogP contribution in [0.2, 0.25) is 0 Å². The highest BCUT2D eigenvalue weighted by molar-refractivity contribution is 5.26. The summed E-state index contributed by atoms with van der Waals surface area (Å²) in [6.45, 7) is 2.44. The van der Waals surface area contributed by atoms with E-state index in [0.29, 0.717) is 0 Å². The van der Waals surface area contributed by atoms with Gasteiger partial charge in [-0.15, -0.1) is 0 Å². The van der Waals surface area contributed by atoms with Gasteiger partial charge in [-0.2, -0.15) is 0 Å². The van der Waals surface area contributed by atoms with Crippen LogP contribution in [0.3, 0.4) is 0 Å². The second-order valence-corrected chi connectivity index (χ2v) is 6.83. The van der Waals surface area contributed by atoms with Gasteiger partial charge in [-0.3, -0.25) is 0 Å². The Balaban J connectivity index is 1.61.